The number of hydrogen-bond donors (Lipinski definition) is 2. The van der Waals surface area contributed by atoms with Crippen LogP contribution in [0, 0.1) is 11.8 Å². The third-order valence-corrected chi connectivity index (χ3v) is 6.73. The Balaban J connectivity index is 1.59. The Morgan fingerprint density at radius 1 is 1.43 bits per heavy atom. The van der Waals surface area contributed by atoms with Crippen LogP contribution in [0.2, 0.25) is 5.02 Å². The molecule has 2 aliphatic rings. The molecule has 8 heteroatoms. The van der Waals surface area contributed by atoms with Gasteiger partial charge in [0.1, 0.15) is 17.2 Å². The van der Waals surface area contributed by atoms with Crippen LogP contribution in [-0.2, 0) is 14.3 Å². The number of aliphatic carboxylic acids is 1. The van der Waals surface area contributed by atoms with E-state index < -0.39 is 12.0 Å². The molecule has 2 saturated heterocycles. The molecule has 2 unspecified atom stereocenters. The predicted molar refractivity (Wildman–Crippen MR) is 109 cm³/mol. The smallest absolute Gasteiger partial charge is 0.323 e. The van der Waals surface area contributed by atoms with Gasteiger partial charge < -0.3 is 24.6 Å². The fraction of sp³-hybridized carbons (Fsp3) is 0.650. The summed E-state index contributed by atoms with van der Waals surface area (Å²) in [5, 5.41) is 12.8. The highest BCUT2D eigenvalue weighted by Crippen LogP contribution is 2.40. The van der Waals surface area contributed by atoms with Crippen molar-refractivity contribution in [2.75, 3.05) is 26.9 Å². The number of rotatable bonds is 8. The van der Waals surface area contributed by atoms with E-state index in [1.54, 1.807) is 18.8 Å². The zero-order valence-electron chi connectivity index (χ0n) is 16.2. The molecule has 1 aromatic carbocycles. The van der Waals surface area contributed by atoms with E-state index in [1.165, 1.54) is 0 Å². The molecule has 6 nitrogen and oxygen atoms in total. The average Bonchev–Trinajstić information content (AvgIpc) is 3.03. The first-order valence-corrected chi connectivity index (χ1v) is 11.0. The third-order valence-electron chi connectivity index (χ3n) is 5.33. The normalized spacial score (nSPS) is 26.9. The molecule has 2 N–H and O–H groups in total. The van der Waals surface area contributed by atoms with Crippen molar-refractivity contribution < 1.29 is 24.1 Å². The van der Waals surface area contributed by atoms with E-state index in [9.17, 15) is 9.90 Å². The first-order valence-electron chi connectivity index (χ1n) is 9.70. The molecule has 0 amide bonds. The van der Waals surface area contributed by atoms with Crippen LogP contribution in [0.15, 0.2) is 23.1 Å². The van der Waals surface area contributed by atoms with Gasteiger partial charge in [-0.25, -0.2) is 0 Å². The second-order valence-corrected chi connectivity index (χ2v) is 9.06. The Labute approximate surface area is 175 Å². The molecule has 2 fully saturated rings. The molecule has 28 heavy (non-hydrogen) atoms. The zero-order chi connectivity index (χ0) is 20.1. The summed E-state index contributed by atoms with van der Waals surface area (Å²) < 4.78 is 17.4. The van der Waals surface area contributed by atoms with Crippen molar-refractivity contribution in [3.05, 3.63) is 23.2 Å². The molecular formula is C20H28ClNO5S. The summed E-state index contributed by atoms with van der Waals surface area (Å²) in [6.45, 7) is 4.25. The summed E-state index contributed by atoms with van der Waals surface area (Å²) in [5.74, 6) is 0.442. The van der Waals surface area contributed by atoms with Crippen LogP contribution in [0.4, 0.5) is 0 Å². The van der Waals surface area contributed by atoms with Crippen molar-refractivity contribution in [3.63, 3.8) is 0 Å². The van der Waals surface area contributed by atoms with Crippen LogP contribution in [0.3, 0.4) is 0 Å². The SMILES string of the molecule is CNC(C(=O)O)[C@@H]1OC(Sc2ccc(Cl)c(OCC3CCOCC3)c2)C[C@H]1C. The van der Waals surface area contributed by atoms with Crippen LogP contribution in [0.1, 0.15) is 26.2 Å². The van der Waals surface area contributed by atoms with Gasteiger partial charge in [-0.15, -0.1) is 0 Å². The number of carboxylic acids is 1. The first-order chi connectivity index (χ1) is 13.5. The van der Waals surface area contributed by atoms with Gasteiger partial charge in [0.25, 0.3) is 0 Å². The summed E-state index contributed by atoms with van der Waals surface area (Å²) in [6, 6.07) is 5.03. The van der Waals surface area contributed by atoms with Crippen molar-refractivity contribution in [2.24, 2.45) is 11.8 Å². The minimum atomic E-state index is -0.889. The van der Waals surface area contributed by atoms with Gasteiger partial charge >= 0.3 is 5.97 Å². The van der Waals surface area contributed by atoms with E-state index in [0.29, 0.717) is 23.3 Å². The number of benzene rings is 1. The molecule has 0 saturated carbocycles. The lowest BCUT2D eigenvalue weighted by Gasteiger charge is -2.23. The molecule has 2 heterocycles. The average molecular weight is 430 g/mol. The van der Waals surface area contributed by atoms with E-state index in [2.05, 4.69) is 5.32 Å². The number of carboxylic acid groups (broad SMARTS) is 1. The Bertz CT molecular complexity index is 670. The zero-order valence-corrected chi connectivity index (χ0v) is 17.8. The lowest BCUT2D eigenvalue weighted by atomic mass is 9.98. The summed E-state index contributed by atoms with van der Waals surface area (Å²) in [4.78, 5) is 12.4. The molecule has 1 aromatic rings. The van der Waals surface area contributed by atoms with Gasteiger partial charge in [-0.1, -0.05) is 30.3 Å². The van der Waals surface area contributed by atoms with Gasteiger partial charge in [0, 0.05) is 18.1 Å². The van der Waals surface area contributed by atoms with Gasteiger partial charge in [-0.3, -0.25) is 4.79 Å². The summed E-state index contributed by atoms with van der Waals surface area (Å²) in [6.07, 6.45) is 2.47. The topological polar surface area (TPSA) is 77.0 Å². The Morgan fingerprint density at radius 2 is 2.18 bits per heavy atom. The fourth-order valence-corrected chi connectivity index (χ4v) is 5.03. The number of halogens is 1. The predicted octanol–water partition coefficient (Wildman–Crippen LogP) is 3.66. The molecule has 0 aliphatic carbocycles. The lowest BCUT2D eigenvalue weighted by Crippen LogP contribution is -2.46. The van der Waals surface area contributed by atoms with E-state index in [-0.39, 0.29) is 17.5 Å². The van der Waals surface area contributed by atoms with Gasteiger partial charge in [-0.2, -0.15) is 0 Å². The molecule has 0 radical (unpaired) electrons. The standard InChI is InChI=1S/C20H28ClNO5S/c1-12-9-17(27-19(12)18(22-2)20(23)24)28-14-3-4-15(21)16(10-14)26-11-13-5-7-25-8-6-13/h3-4,10,12-13,17-19,22H,5-9,11H2,1-2H3,(H,23,24)/t12-,17?,18?,19-/m1/s1. The van der Waals surface area contributed by atoms with Crippen molar-refractivity contribution in [2.45, 2.75) is 48.7 Å². The number of thioether (sulfide) groups is 1. The highest BCUT2D eigenvalue weighted by atomic mass is 35.5. The molecule has 2 aliphatic heterocycles. The highest BCUT2D eigenvalue weighted by molar-refractivity contribution is 7.99. The maximum Gasteiger partial charge on any atom is 0.323 e. The fourth-order valence-electron chi connectivity index (χ4n) is 3.65. The van der Waals surface area contributed by atoms with Crippen LogP contribution in [0.5, 0.6) is 5.75 Å². The second-order valence-electron chi connectivity index (χ2n) is 7.42. The van der Waals surface area contributed by atoms with E-state index in [4.69, 9.17) is 25.8 Å². The molecule has 156 valence electrons. The van der Waals surface area contributed by atoms with Crippen molar-refractivity contribution in [1.82, 2.24) is 5.32 Å². The van der Waals surface area contributed by atoms with E-state index in [1.807, 2.05) is 25.1 Å². The Hall–Kier alpha value is -0.990. The molecule has 0 spiro atoms. The summed E-state index contributed by atoms with van der Waals surface area (Å²) in [5.41, 5.74) is -0.0975. The van der Waals surface area contributed by atoms with Crippen molar-refractivity contribution >= 4 is 29.3 Å². The monoisotopic (exact) mass is 429 g/mol. The molecule has 0 aromatic heterocycles. The van der Waals surface area contributed by atoms with Gasteiger partial charge in [-0.05, 0) is 56.3 Å². The van der Waals surface area contributed by atoms with Gasteiger partial charge in [0.05, 0.1) is 17.7 Å². The van der Waals surface area contributed by atoms with Crippen LogP contribution in [0.25, 0.3) is 0 Å². The Morgan fingerprint density at radius 3 is 2.86 bits per heavy atom. The van der Waals surface area contributed by atoms with Crippen molar-refractivity contribution in [1.29, 1.82) is 0 Å². The molecule has 3 rings (SSSR count). The number of nitrogens with one attached hydrogen (secondary N) is 1. The molecular weight excluding hydrogens is 402 g/mol. The summed E-state index contributed by atoms with van der Waals surface area (Å²) >= 11 is 7.89. The van der Waals surface area contributed by atoms with E-state index in [0.717, 1.165) is 37.4 Å². The number of ether oxygens (including phenoxy) is 3. The third kappa shape index (κ3) is 5.54. The van der Waals surface area contributed by atoms with Crippen LogP contribution < -0.4 is 10.1 Å². The first kappa shape index (κ1) is 21.7. The highest BCUT2D eigenvalue weighted by Gasteiger charge is 2.40. The maximum atomic E-state index is 11.4. The van der Waals surface area contributed by atoms with Crippen molar-refractivity contribution in [3.8, 4) is 5.75 Å². The number of likely N-dealkylation sites (N-methyl/N-ethyl adjacent to an activating group) is 1. The second kappa shape index (κ2) is 10.2. The Kier molecular flexibility index (Phi) is 7.88. The quantitative estimate of drug-likeness (QED) is 0.652. The maximum absolute atomic E-state index is 11.4. The minimum Gasteiger partial charge on any atom is -0.492 e. The van der Waals surface area contributed by atoms with Crippen LogP contribution in [-0.4, -0.2) is 55.5 Å². The van der Waals surface area contributed by atoms with Gasteiger partial charge in [0.15, 0.2) is 0 Å². The minimum absolute atomic E-state index is 0.0975. The molecule has 4 atom stereocenters. The number of carbonyl (C=O) groups is 1. The molecule has 0 bridgehead atoms. The lowest BCUT2D eigenvalue weighted by molar-refractivity contribution is -0.143. The number of hydrogen-bond acceptors (Lipinski definition) is 6. The van der Waals surface area contributed by atoms with E-state index >= 15 is 0 Å². The van der Waals surface area contributed by atoms with Gasteiger partial charge in [0.2, 0.25) is 0 Å². The van der Waals surface area contributed by atoms with Crippen LogP contribution >= 0.6 is 23.4 Å². The summed E-state index contributed by atoms with van der Waals surface area (Å²) in [7, 11) is 1.65. The largest absolute Gasteiger partial charge is 0.492 e.